The first-order valence-electron chi connectivity index (χ1n) is 16.9. The zero-order chi connectivity index (χ0) is 37.3. The minimum absolute atomic E-state index is 0.0538. The third kappa shape index (κ3) is 5.34. The van der Waals surface area contributed by atoms with Gasteiger partial charge in [-0.05, 0) is 85.0 Å². The highest BCUT2D eigenvalue weighted by Crippen LogP contribution is 2.65. The number of carbonyl (C=O) groups excluding carboxylic acids is 4. The van der Waals surface area contributed by atoms with E-state index in [1.54, 1.807) is 66.7 Å². The Labute approximate surface area is 323 Å². The van der Waals surface area contributed by atoms with E-state index in [0.717, 1.165) is 15.1 Å². The summed E-state index contributed by atoms with van der Waals surface area (Å²) in [5, 5.41) is 12.1. The van der Waals surface area contributed by atoms with Gasteiger partial charge in [-0.3, -0.25) is 29.5 Å². The molecule has 0 spiro atoms. The third-order valence-electron chi connectivity index (χ3n) is 11.2. The Morgan fingerprint density at radius 1 is 0.849 bits per heavy atom. The lowest BCUT2D eigenvalue weighted by molar-refractivity contribution is -0.138. The third-order valence-corrected chi connectivity index (χ3v) is 12.3. The molecule has 8 rings (SSSR count). The zero-order valence-corrected chi connectivity index (χ0v) is 31.5. The Hall–Kier alpha value is -4.84. The summed E-state index contributed by atoms with van der Waals surface area (Å²) in [7, 11) is 3.01. The van der Waals surface area contributed by atoms with Gasteiger partial charge < -0.3 is 14.6 Å². The lowest BCUT2D eigenvalue weighted by Crippen LogP contribution is -2.53. The molecule has 3 fully saturated rings. The van der Waals surface area contributed by atoms with E-state index in [2.05, 4.69) is 21.4 Å². The van der Waals surface area contributed by atoms with Crippen molar-refractivity contribution in [3.63, 3.8) is 0 Å². The number of nitrogens with one attached hydrogen (secondary N) is 1. The van der Waals surface area contributed by atoms with Crippen LogP contribution >= 0.6 is 39.1 Å². The fourth-order valence-electron chi connectivity index (χ4n) is 8.97. The van der Waals surface area contributed by atoms with E-state index in [0.29, 0.717) is 39.0 Å². The first kappa shape index (κ1) is 35.2. The first-order chi connectivity index (χ1) is 25.5. The Balaban J connectivity index is 1.35. The Morgan fingerprint density at radius 3 is 2.26 bits per heavy atom. The van der Waals surface area contributed by atoms with Crippen molar-refractivity contribution >= 4 is 74.1 Å². The molecule has 6 atom stereocenters. The maximum Gasteiger partial charge on any atom is 0.260 e. The van der Waals surface area contributed by atoms with Gasteiger partial charge in [-0.2, -0.15) is 5.01 Å². The highest BCUT2D eigenvalue weighted by Gasteiger charge is 2.70. The average Bonchev–Trinajstić information content (AvgIpc) is 3.53. The van der Waals surface area contributed by atoms with E-state index in [-0.39, 0.29) is 35.4 Å². The van der Waals surface area contributed by atoms with E-state index >= 15 is 4.79 Å². The second-order valence-electron chi connectivity index (χ2n) is 13.6. The molecule has 0 unspecified atom stereocenters. The smallest absolute Gasteiger partial charge is 0.260 e. The molecule has 4 aromatic carbocycles. The minimum Gasteiger partial charge on any atom is -0.508 e. The summed E-state index contributed by atoms with van der Waals surface area (Å²) in [6.45, 7) is 0. The topological polar surface area (TPSA) is 125 Å². The summed E-state index contributed by atoms with van der Waals surface area (Å²) >= 11 is 16.1. The van der Waals surface area contributed by atoms with Gasteiger partial charge in [-0.15, -0.1) is 0 Å². The normalized spacial score (nSPS) is 26.2. The molecule has 270 valence electrons. The standard InChI is InChI=1S/C40H32BrCl2N3O7/c1-52-25-11-3-20(4-12-25)40-30(37(49)46(39(40)51)44-32-16-7-22(42)17-31(32)43)19-29-26(35(40)27-13-10-24(47)18-33(27)53-2)14-15-28-34(29)38(50)45(36(28)48)23-8-5-21(41)6-9-23/h3-14,16-18,28-30,34-35,44,47H,15,19H2,1-2H3/t28-,29+,30-,34-,35+,40+/m0/s1. The molecule has 10 nitrogen and oxygen atoms in total. The Morgan fingerprint density at radius 2 is 1.58 bits per heavy atom. The molecule has 2 N–H and O–H groups in total. The number of phenols is 1. The number of anilines is 2. The van der Waals surface area contributed by atoms with Crippen LogP contribution in [0, 0.1) is 23.7 Å². The summed E-state index contributed by atoms with van der Waals surface area (Å²) in [6.07, 6.45) is 2.31. The molecule has 53 heavy (non-hydrogen) atoms. The molecular formula is C40H32BrCl2N3O7. The summed E-state index contributed by atoms with van der Waals surface area (Å²) in [5.74, 6) is -4.88. The number of imide groups is 2. The molecule has 4 aromatic rings. The fraction of sp³-hybridized carbons (Fsp3) is 0.250. The lowest BCUT2D eigenvalue weighted by Gasteiger charge is -2.50. The van der Waals surface area contributed by atoms with Gasteiger partial charge >= 0.3 is 0 Å². The van der Waals surface area contributed by atoms with Gasteiger partial charge in [0.05, 0.1) is 53.8 Å². The molecular weight excluding hydrogens is 785 g/mol. The number of carbonyl (C=O) groups is 4. The van der Waals surface area contributed by atoms with Crippen LogP contribution in [0.5, 0.6) is 17.2 Å². The number of methoxy groups -OCH3 is 2. The number of phenolic OH excluding ortho intramolecular Hbond substituents is 1. The number of allylic oxidation sites excluding steroid dienone is 2. The van der Waals surface area contributed by atoms with Gasteiger partial charge in [-0.25, -0.2) is 0 Å². The summed E-state index contributed by atoms with van der Waals surface area (Å²) in [6, 6.07) is 23.4. The summed E-state index contributed by atoms with van der Waals surface area (Å²) < 4.78 is 12.1. The second kappa shape index (κ2) is 13.2. The molecule has 2 heterocycles. The number of amides is 4. The number of hydrazine groups is 1. The van der Waals surface area contributed by atoms with Crippen molar-refractivity contribution in [1.29, 1.82) is 0 Å². The van der Waals surface area contributed by atoms with Gasteiger partial charge in [0.25, 0.3) is 11.8 Å². The van der Waals surface area contributed by atoms with Crippen LogP contribution in [0.1, 0.15) is 29.9 Å². The van der Waals surface area contributed by atoms with Gasteiger partial charge in [0, 0.05) is 27.0 Å². The fourth-order valence-corrected chi connectivity index (χ4v) is 9.69. The number of aromatic hydroxyl groups is 1. The van der Waals surface area contributed by atoms with Crippen molar-refractivity contribution in [2.75, 3.05) is 24.5 Å². The van der Waals surface area contributed by atoms with Crippen molar-refractivity contribution in [3.8, 4) is 17.2 Å². The first-order valence-corrected chi connectivity index (χ1v) is 18.5. The van der Waals surface area contributed by atoms with Crippen molar-refractivity contribution in [3.05, 3.63) is 122 Å². The van der Waals surface area contributed by atoms with Gasteiger partial charge in [-0.1, -0.05) is 69.0 Å². The van der Waals surface area contributed by atoms with Gasteiger partial charge in [0.2, 0.25) is 11.8 Å². The number of nitrogens with zero attached hydrogens (tertiary/aromatic N) is 2. The quantitative estimate of drug-likeness (QED) is 0.144. The van der Waals surface area contributed by atoms with Crippen LogP contribution in [0.2, 0.25) is 10.0 Å². The van der Waals surface area contributed by atoms with Crippen LogP contribution in [-0.2, 0) is 24.6 Å². The van der Waals surface area contributed by atoms with Crippen LogP contribution in [0.4, 0.5) is 11.4 Å². The number of fused-ring (bicyclic) bond motifs is 4. The highest BCUT2D eigenvalue weighted by molar-refractivity contribution is 9.10. The van der Waals surface area contributed by atoms with Gasteiger partial charge in [0.15, 0.2) is 0 Å². The molecule has 4 amide bonds. The summed E-state index contributed by atoms with van der Waals surface area (Å²) in [5.41, 5.74) is 3.99. The lowest BCUT2D eigenvalue weighted by atomic mass is 9.49. The van der Waals surface area contributed by atoms with Crippen LogP contribution < -0.4 is 19.8 Å². The number of ether oxygens (including phenoxy) is 2. The van der Waals surface area contributed by atoms with E-state index in [9.17, 15) is 19.5 Å². The molecule has 0 bridgehead atoms. The Kier molecular flexibility index (Phi) is 8.79. The van der Waals surface area contributed by atoms with E-state index in [1.807, 2.05) is 6.08 Å². The molecule has 2 aliphatic carbocycles. The largest absolute Gasteiger partial charge is 0.508 e. The van der Waals surface area contributed by atoms with E-state index < -0.39 is 46.8 Å². The average molecular weight is 818 g/mol. The van der Waals surface area contributed by atoms with E-state index in [4.69, 9.17) is 32.7 Å². The summed E-state index contributed by atoms with van der Waals surface area (Å²) in [4.78, 5) is 60.2. The SMILES string of the molecule is COc1ccc([C@@]23C(=O)N(Nc4ccc(Cl)cc4Cl)C(=O)[C@@H]2C[C@@H]2C(=CC[C@@H]4C(=O)N(c5ccc(Br)cc5)C(=O)[C@@H]42)[C@@H]3c2ccc(O)cc2OC)cc1. The van der Waals surface area contributed by atoms with Crippen molar-refractivity contribution in [2.24, 2.45) is 23.7 Å². The van der Waals surface area contributed by atoms with Crippen molar-refractivity contribution in [1.82, 2.24) is 5.01 Å². The van der Waals surface area contributed by atoms with Crippen LogP contribution in [0.25, 0.3) is 0 Å². The molecule has 1 saturated carbocycles. The number of hydrogen-bond donors (Lipinski definition) is 2. The molecule has 0 radical (unpaired) electrons. The zero-order valence-electron chi connectivity index (χ0n) is 28.4. The monoisotopic (exact) mass is 815 g/mol. The Bertz CT molecular complexity index is 2230. The second-order valence-corrected chi connectivity index (χ2v) is 15.4. The molecule has 2 saturated heterocycles. The van der Waals surface area contributed by atoms with Crippen LogP contribution in [0.3, 0.4) is 0 Å². The molecule has 0 aromatic heterocycles. The predicted octanol–water partition coefficient (Wildman–Crippen LogP) is 7.67. The predicted molar refractivity (Wildman–Crippen MR) is 202 cm³/mol. The molecule has 2 aliphatic heterocycles. The maximum absolute atomic E-state index is 15.4. The van der Waals surface area contributed by atoms with Crippen molar-refractivity contribution in [2.45, 2.75) is 24.2 Å². The highest BCUT2D eigenvalue weighted by atomic mass is 79.9. The number of rotatable bonds is 7. The van der Waals surface area contributed by atoms with E-state index in [1.165, 1.54) is 37.3 Å². The minimum atomic E-state index is -1.58. The van der Waals surface area contributed by atoms with Crippen LogP contribution in [-0.4, -0.2) is 48.0 Å². The van der Waals surface area contributed by atoms with Crippen molar-refractivity contribution < 1.29 is 33.8 Å². The van der Waals surface area contributed by atoms with Crippen LogP contribution in [0.15, 0.2) is 101 Å². The number of hydrogen-bond acceptors (Lipinski definition) is 8. The van der Waals surface area contributed by atoms with Gasteiger partial charge in [0.1, 0.15) is 17.2 Å². The molecule has 4 aliphatic rings. The maximum atomic E-state index is 15.4. The number of benzene rings is 4. The molecule has 13 heteroatoms. The number of halogens is 3.